The molecule has 0 aliphatic heterocycles. The van der Waals surface area contributed by atoms with Crippen molar-refractivity contribution in [2.75, 3.05) is 0 Å². The zero-order valence-corrected chi connectivity index (χ0v) is 8.25. The fourth-order valence-corrected chi connectivity index (χ4v) is 3.21. The molecule has 0 radical (unpaired) electrons. The van der Waals surface area contributed by atoms with Crippen molar-refractivity contribution in [1.82, 2.24) is 0 Å². The Kier molecular flexibility index (Phi) is 4.78. The molecule has 0 aliphatic rings. The van der Waals surface area contributed by atoms with E-state index < -0.39 is 14.6 Å². The summed E-state index contributed by atoms with van der Waals surface area (Å²) in [6, 6.07) is 0. The monoisotopic (exact) mass is 198 g/mol. The minimum atomic E-state index is -2.17. The van der Waals surface area contributed by atoms with E-state index in [0.29, 0.717) is 0 Å². The third-order valence-corrected chi connectivity index (χ3v) is 3.02. The third kappa shape index (κ3) is 7.18. The van der Waals surface area contributed by atoms with E-state index >= 15 is 0 Å². The van der Waals surface area contributed by atoms with Gasteiger partial charge in [0.25, 0.3) is 0 Å². The first-order valence-corrected chi connectivity index (χ1v) is 9.42. The van der Waals surface area contributed by atoms with Crippen LogP contribution in [0.2, 0.25) is 0 Å². The SMILES string of the molecule is CC(C)[O][Ga]([Cl])[Cl]. The van der Waals surface area contributed by atoms with Gasteiger partial charge in [-0.15, -0.1) is 0 Å². The Morgan fingerprint density at radius 2 is 1.86 bits per heavy atom. The second-order valence-electron chi connectivity index (χ2n) is 1.45. The summed E-state index contributed by atoms with van der Waals surface area (Å²) < 4.78 is 4.97. The minimum absolute atomic E-state index is 0.194. The van der Waals surface area contributed by atoms with E-state index in [9.17, 15) is 0 Å². The van der Waals surface area contributed by atoms with E-state index in [1.807, 2.05) is 13.8 Å². The topological polar surface area (TPSA) is 9.23 Å². The van der Waals surface area contributed by atoms with Crippen LogP contribution in [-0.2, 0) is 3.53 Å². The Bertz CT molecular complexity index is 42.2. The summed E-state index contributed by atoms with van der Waals surface area (Å²) in [6.45, 7) is 3.84. The quantitative estimate of drug-likeness (QED) is 0.618. The summed E-state index contributed by atoms with van der Waals surface area (Å²) in [5.41, 5.74) is 0. The van der Waals surface area contributed by atoms with Gasteiger partial charge in [-0.3, -0.25) is 0 Å². The number of hydrogen-bond acceptors (Lipinski definition) is 1. The molecule has 42 valence electrons. The summed E-state index contributed by atoms with van der Waals surface area (Å²) in [6.07, 6.45) is 0.194. The van der Waals surface area contributed by atoms with Crippen LogP contribution in [0.15, 0.2) is 0 Å². The van der Waals surface area contributed by atoms with Crippen LogP contribution in [0.1, 0.15) is 13.8 Å². The number of rotatable bonds is 2. The fourth-order valence-electron chi connectivity index (χ4n) is 0.206. The molecule has 0 heterocycles. The van der Waals surface area contributed by atoms with Crippen molar-refractivity contribution in [2.24, 2.45) is 0 Å². The van der Waals surface area contributed by atoms with Crippen molar-refractivity contribution in [3.05, 3.63) is 0 Å². The van der Waals surface area contributed by atoms with Crippen LogP contribution >= 0.6 is 19.3 Å². The molecule has 0 aliphatic carbocycles. The van der Waals surface area contributed by atoms with Crippen molar-refractivity contribution < 1.29 is 3.53 Å². The van der Waals surface area contributed by atoms with E-state index in [2.05, 4.69) is 0 Å². The van der Waals surface area contributed by atoms with Gasteiger partial charge in [0, 0.05) is 0 Å². The Balaban J connectivity index is 2.95. The predicted octanol–water partition coefficient (Wildman–Crippen LogP) is 1.87. The van der Waals surface area contributed by atoms with E-state index in [0.717, 1.165) is 0 Å². The average molecular weight is 200 g/mol. The second kappa shape index (κ2) is 4.09. The van der Waals surface area contributed by atoms with Crippen molar-refractivity contribution in [3.63, 3.8) is 0 Å². The molecule has 0 atom stereocenters. The Morgan fingerprint density at radius 3 is 1.86 bits per heavy atom. The third-order valence-electron chi connectivity index (χ3n) is 0.375. The fraction of sp³-hybridized carbons (Fsp3) is 1.00. The standard InChI is InChI=1S/C3H7O.2ClH.Ga/c1-3(2)4;;;/h3H,1-2H3;2*1H;/q-1;;;+3/p-2. The first kappa shape index (κ1) is 8.18. The van der Waals surface area contributed by atoms with Crippen LogP contribution in [0.25, 0.3) is 0 Å². The van der Waals surface area contributed by atoms with Gasteiger partial charge in [-0.2, -0.15) is 0 Å². The Morgan fingerprint density at radius 1 is 1.43 bits per heavy atom. The van der Waals surface area contributed by atoms with E-state index in [-0.39, 0.29) is 6.10 Å². The maximum atomic E-state index is 5.40. The van der Waals surface area contributed by atoms with Crippen LogP contribution in [0.3, 0.4) is 0 Å². The van der Waals surface area contributed by atoms with E-state index in [1.165, 1.54) is 0 Å². The average Bonchev–Trinajstić information content (AvgIpc) is 1.27. The van der Waals surface area contributed by atoms with Gasteiger partial charge in [-0.25, -0.2) is 0 Å². The molecule has 0 amide bonds. The van der Waals surface area contributed by atoms with Crippen molar-refractivity contribution >= 4 is 33.9 Å². The predicted molar refractivity (Wildman–Crippen MR) is 33.7 cm³/mol. The summed E-state index contributed by atoms with van der Waals surface area (Å²) >= 11 is -2.17. The number of halogens is 2. The van der Waals surface area contributed by atoms with Gasteiger partial charge >= 0.3 is 57.3 Å². The van der Waals surface area contributed by atoms with Gasteiger partial charge < -0.3 is 0 Å². The van der Waals surface area contributed by atoms with Gasteiger partial charge in [0.1, 0.15) is 0 Å². The van der Waals surface area contributed by atoms with Crippen molar-refractivity contribution in [2.45, 2.75) is 20.0 Å². The van der Waals surface area contributed by atoms with E-state index in [4.69, 9.17) is 22.8 Å². The van der Waals surface area contributed by atoms with Gasteiger partial charge in [0.15, 0.2) is 0 Å². The molecule has 4 heteroatoms. The molecule has 0 unspecified atom stereocenters. The molecule has 7 heavy (non-hydrogen) atoms. The molecule has 0 aromatic heterocycles. The van der Waals surface area contributed by atoms with Gasteiger partial charge in [-0.1, -0.05) is 0 Å². The molecule has 0 fully saturated rings. The van der Waals surface area contributed by atoms with Gasteiger partial charge in [0.2, 0.25) is 0 Å². The van der Waals surface area contributed by atoms with Gasteiger partial charge in [0.05, 0.1) is 0 Å². The molecule has 0 saturated heterocycles. The molecule has 0 aromatic rings. The van der Waals surface area contributed by atoms with E-state index in [1.54, 1.807) is 0 Å². The molecular formula is C3H7Cl2GaO. The Hall–Kier alpha value is 1.18. The first-order chi connectivity index (χ1) is 3.13. The van der Waals surface area contributed by atoms with Crippen molar-refractivity contribution in [1.29, 1.82) is 0 Å². The summed E-state index contributed by atoms with van der Waals surface area (Å²) in [7, 11) is 10.8. The molecule has 0 bridgehead atoms. The first-order valence-electron chi connectivity index (χ1n) is 2.06. The Labute approximate surface area is 57.4 Å². The summed E-state index contributed by atoms with van der Waals surface area (Å²) in [5, 5.41) is 0. The zero-order chi connectivity index (χ0) is 5.86. The molecule has 0 aromatic carbocycles. The molecule has 0 saturated carbocycles. The summed E-state index contributed by atoms with van der Waals surface area (Å²) in [4.78, 5) is 0. The zero-order valence-electron chi connectivity index (χ0n) is 4.32. The van der Waals surface area contributed by atoms with Crippen LogP contribution < -0.4 is 0 Å². The maximum absolute atomic E-state index is 5.40. The summed E-state index contributed by atoms with van der Waals surface area (Å²) in [5.74, 6) is 0. The van der Waals surface area contributed by atoms with Crippen LogP contribution in [-0.4, -0.2) is 20.7 Å². The normalized spacial score (nSPS) is 9.86. The molecule has 0 N–H and O–H groups in total. The molecule has 0 rings (SSSR count). The van der Waals surface area contributed by atoms with Gasteiger partial charge in [-0.05, 0) is 0 Å². The molecule has 0 spiro atoms. The van der Waals surface area contributed by atoms with Crippen LogP contribution in [0.4, 0.5) is 0 Å². The molecule has 1 nitrogen and oxygen atoms in total. The molecular weight excluding hydrogens is 193 g/mol. The van der Waals surface area contributed by atoms with Crippen LogP contribution in [0.5, 0.6) is 0 Å². The second-order valence-corrected chi connectivity index (χ2v) is 8.39. The van der Waals surface area contributed by atoms with Crippen molar-refractivity contribution in [3.8, 4) is 0 Å². The van der Waals surface area contributed by atoms with Crippen LogP contribution in [0, 0.1) is 0 Å². The number of hydrogen-bond donors (Lipinski definition) is 0.